The lowest BCUT2D eigenvalue weighted by Crippen LogP contribution is -2.34. The maximum Gasteiger partial charge on any atom is 0.414 e. The minimum Gasteiger partial charge on any atom is -0.465 e. The largest absolute Gasteiger partial charge is 0.465 e. The zero-order chi connectivity index (χ0) is 16.8. The number of nitrogens with two attached hydrogens (primary N) is 1. The highest BCUT2D eigenvalue weighted by molar-refractivity contribution is 5.82. The lowest BCUT2D eigenvalue weighted by Gasteiger charge is -2.19. The molecule has 1 rings (SSSR count). The van der Waals surface area contributed by atoms with Gasteiger partial charge in [-0.2, -0.15) is 0 Å². The van der Waals surface area contributed by atoms with Gasteiger partial charge in [-0.1, -0.05) is 0 Å². The molecule has 0 aliphatic rings. The Labute approximate surface area is 129 Å². The molecule has 0 radical (unpaired) electrons. The monoisotopic (exact) mass is 310 g/mol. The van der Waals surface area contributed by atoms with Crippen molar-refractivity contribution in [3.63, 3.8) is 0 Å². The Morgan fingerprint density at radius 2 is 1.91 bits per heavy atom. The van der Waals surface area contributed by atoms with Gasteiger partial charge >= 0.3 is 12.1 Å². The van der Waals surface area contributed by atoms with Crippen molar-refractivity contribution in [1.82, 2.24) is 9.97 Å². The molecule has 0 fully saturated rings. The zero-order valence-corrected chi connectivity index (χ0v) is 13.3. The molecule has 1 aromatic heterocycles. The third-order valence-corrected chi connectivity index (χ3v) is 2.36. The van der Waals surface area contributed by atoms with Gasteiger partial charge in [0.05, 0.1) is 6.61 Å². The summed E-state index contributed by atoms with van der Waals surface area (Å²) in [7, 11) is 0. The minimum atomic E-state index is -0.770. The SMILES string of the molecule is CCOC(=O)[C@H](N)Cc1cnc(NC(=O)OC(C)(C)C)nc1. The summed E-state index contributed by atoms with van der Waals surface area (Å²) >= 11 is 0. The van der Waals surface area contributed by atoms with Crippen LogP contribution < -0.4 is 11.1 Å². The van der Waals surface area contributed by atoms with E-state index in [1.165, 1.54) is 12.4 Å². The zero-order valence-electron chi connectivity index (χ0n) is 13.3. The van der Waals surface area contributed by atoms with Crippen molar-refractivity contribution < 1.29 is 19.1 Å². The fraction of sp³-hybridized carbons (Fsp3) is 0.571. The smallest absolute Gasteiger partial charge is 0.414 e. The topological polar surface area (TPSA) is 116 Å². The summed E-state index contributed by atoms with van der Waals surface area (Å²) in [6.45, 7) is 7.26. The number of hydrogen-bond acceptors (Lipinski definition) is 7. The van der Waals surface area contributed by atoms with Crippen LogP contribution in [0.2, 0.25) is 0 Å². The van der Waals surface area contributed by atoms with E-state index in [-0.39, 0.29) is 19.0 Å². The second-order valence-corrected chi connectivity index (χ2v) is 5.60. The number of nitrogens with one attached hydrogen (secondary N) is 1. The van der Waals surface area contributed by atoms with E-state index >= 15 is 0 Å². The van der Waals surface area contributed by atoms with Gasteiger partial charge in [-0.3, -0.25) is 10.1 Å². The van der Waals surface area contributed by atoms with Crippen molar-refractivity contribution in [1.29, 1.82) is 0 Å². The molecule has 0 bridgehead atoms. The molecular weight excluding hydrogens is 288 g/mol. The number of anilines is 1. The van der Waals surface area contributed by atoms with Crippen LogP contribution >= 0.6 is 0 Å². The average Bonchev–Trinajstić information content (AvgIpc) is 2.39. The molecule has 0 spiro atoms. The fourth-order valence-corrected chi connectivity index (χ4v) is 1.51. The molecule has 8 heteroatoms. The predicted molar refractivity (Wildman–Crippen MR) is 80.2 cm³/mol. The first-order valence-electron chi connectivity index (χ1n) is 6.94. The van der Waals surface area contributed by atoms with Crippen LogP contribution in [0.4, 0.5) is 10.7 Å². The quantitative estimate of drug-likeness (QED) is 0.786. The predicted octanol–water partition coefficient (Wildman–Crippen LogP) is 1.26. The van der Waals surface area contributed by atoms with Crippen LogP contribution in [0.3, 0.4) is 0 Å². The molecule has 1 aromatic rings. The molecule has 0 saturated carbocycles. The second kappa shape index (κ2) is 7.69. The standard InChI is InChI=1S/C14H22N4O4/c1-5-21-11(19)10(15)6-9-7-16-12(17-8-9)18-13(20)22-14(2,3)4/h7-8,10H,5-6,15H2,1-4H3,(H,16,17,18,20)/t10-/m1/s1. The Morgan fingerprint density at radius 1 is 1.32 bits per heavy atom. The third-order valence-electron chi connectivity index (χ3n) is 2.36. The van der Waals surface area contributed by atoms with E-state index in [9.17, 15) is 9.59 Å². The van der Waals surface area contributed by atoms with Crippen LogP contribution in [-0.2, 0) is 20.7 Å². The average molecular weight is 310 g/mol. The number of carbonyl (C=O) groups excluding carboxylic acids is 2. The molecular formula is C14H22N4O4. The molecule has 1 amide bonds. The first-order chi connectivity index (χ1) is 10.2. The van der Waals surface area contributed by atoms with Crippen molar-refractivity contribution >= 4 is 18.0 Å². The summed E-state index contributed by atoms with van der Waals surface area (Å²) in [6.07, 6.45) is 2.59. The molecule has 8 nitrogen and oxygen atoms in total. The van der Waals surface area contributed by atoms with Crippen LogP contribution in [0, 0.1) is 0 Å². The maximum absolute atomic E-state index is 11.6. The third kappa shape index (κ3) is 6.49. The van der Waals surface area contributed by atoms with E-state index in [1.54, 1.807) is 27.7 Å². The Bertz CT molecular complexity index is 511. The van der Waals surface area contributed by atoms with Crippen molar-refractivity contribution in [3.05, 3.63) is 18.0 Å². The van der Waals surface area contributed by atoms with Gasteiger partial charge in [0.15, 0.2) is 0 Å². The van der Waals surface area contributed by atoms with E-state index in [1.807, 2.05) is 0 Å². The van der Waals surface area contributed by atoms with Crippen molar-refractivity contribution in [3.8, 4) is 0 Å². The fourth-order valence-electron chi connectivity index (χ4n) is 1.51. The molecule has 3 N–H and O–H groups in total. The van der Waals surface area contributed by atoms with Crippen LogP contribution in [0.5, 0.6) is 0 Å². The van der Waals surface area contributed by atoms with Crippen LogP contribution in [0.25, 0.3) is 0 Å². The van der Waals surface area contributed by atoms with Gasteiger partial charge in [0.2, 0.25) is 5.95 Å². The second-order valence-electron chi connectivity index (χ2n) is 5.60. The van der Waals surface area contributed by atoms with Crippen LogP contribution in [0.1, 0.15) is 33.3 Å². The molecule has 1 atom stereocenters. The Morgan fingerprint density at radius 3 is 2.41 bits per heavy atom. The number of carbonyl (C=O) groups is 2. The van der Waals surface area contributed by atoms with Gasteiger partial charge in [0.1, 0.15) is 11.6 Å². The highest BCUT2D eigenvalue weighted by atomic mass is 16.6. The highest BCUT2D eigenvalue weighted by Crippen LogP contribution is 2.09. The summed E-state index contributed by atoms with van der Waals surface area (Å²) < 4.78 is 9.90. The molecule has 122 valence electrons. The van der Waals surface area contributed by atoms with E-state index in [4.69, 9.17) is 15.2 Å². The van der Waals surface area contributed by atoms with E-state index < -0.39 is 23.7 Å². The van der Waals surface area contributed by atoms with Gasteiger partial charge in [0.25, 0.3) is 0 Å². The normalized spacial score (nSPS) is 12.4. The van der Waals surface area contributed by atoms with E-state index in [0.29, 0.717) is 5.56 Å². The Hall–Kier alpha value is -2.22. The van der Waals surface area contributed by atoms with Crippen molar-refractivity contribution in [2.45, 2.75) is 45.8 Å². The summed E-state index contributed by atoms with van der Waals surface area (Å²) in [5.41, 5.74) is 5.77. The molecule has 22 heavy (non-hydrogen) atoms. The summed E-state index contributed by atoms with van der Waals surface area (Å²) in [4.78, 5) is 30.9. The molecule has 0 unspecified atom stereocenters. The number of amides is 1. The van der Waals surface area contributed by atoms with E-state index in [0.717, 1.165) is 0 Å². The number of ether oxygens (including phenoxy) is 2. The number of rotatable bonds is 5. The molecule has 0 saturated heterocycles. The maximum atomic E-state index is 11.6. The molecule has 0 aromatic carbocycles. The van der Waals surface area contributed by atoms with Gasteiger partial charge in [-0.05, 0) is 33.3 Å². The van der Waals surface area contributed by atoms with Gasteiger partial charge < -0.3 is 15.2 Å². The van der Waals surface area contributed by atoms with Gasteiger partial charge in [-0.15, -0.1) is 0 Å². The Balaban J connectivity index is 2.56. The van der Waals surface area contributed by atoms with Gasteiger partial charge in [0, 0.05) is 18.8 Å². The Kier molecular flexibility index (Phi) is 6.24. The molecule has 0 aliphatic heterocycles. The first kappa shape index (κ1) is 17.8. The number of esters is 1. The van der Waals surface area contributed by atoms with Crippen molar-refractivity contribution in [2.75, 3.05) is 11.9 Å². The summed E-state index contributed by atoms with van der Waals surface area (Å²) in [5, 5.41) is 2.42. The van der Waals surface area contributed by atoms with E-state index in [2.05, 4.69) is 15.3 Å². The van der Waals surface area contributed by atoms with Crippen LogP contribution in [0.15, 0.2) is 12.4 Å². The summed E-state index contributed by atoms with van der Waals surface area (Å²) in [6, 6.07) is -0.770. The van der Waals surface area contributed by atoms with Crippen LogP contribution in [-0.4, -0.2) is 40.3 Å². The number of nitrogens with zero attached hydrogens (tertiary/aromatic N) is 2. The first-order valence-corrected chi connectivity index (χ1v) is 6.94. The lowest BCUT2D eigenvalue weighted by molar-refractivity contribution is -0.144. The number of hydrogen-bond donors (Lipinski definition) is 2. The molecule has 0 aliphatic carbocycles. The highest BCUT2D eigenvalue weighted by Gasteiger charge is 2.18. The molecule has 1 heterocycles. The minimum absolute atomic E-state index is 0.114. The number of aromatic nitrogens is 2. The van der Waals surface area contributed by atoms with Crippen molar-refractivity contribution in [2.24, 2.45) is 5.73 Å². The van der Waals surface area contributed by atoms with Gasteiger partial charge in [-0.25, -0.2) is 14.8 Å². The summed E-state index contributed by atoms with van der Waals surface area (Å²) in [5.74, 6) is -0.360. The lowest BCUT2D eigenvalue weighted by atomic mass is 10.1.